The number of anilines is 1. The minimum absolute atomic E-state index is 0.00104. The highest BCUT2D eigenvalue weighted by atomic mass is 35.5. The number of nitrogens with one attached hydrogen (secondary N) is 2. The first-order valence-electron chi connectivity index (χ1n) is 5.19. The van der Waals surface area contributed by atoms with E-state index in [1.807, 2.05) is 6.92 Å². The van der Waals surface area contributed by atoms with Crippen molar-refractivity contribution in [2.75, 3.05) is 4.72 Å². The number of H-pyrrole nitrogens is 1. The van der Waals surface area contributed by atoms with E-state index in [1.165, 1.54) is 18.5 Å². The summed E-state index contributed by atoms with van der Waals surface area (Å²) in [6.45, 7) is 1.88. The number of halogens is 1. The van der Waals surface area contributed by atoms with Crippen molar-refractivity contribution in [3.63, 3.8) is 0 Å². The molecule has 0 aliphatic heterocycles. The van der Waals surface area contributed by atoms with Crippen molar-refractivity contribution >= 4 is 27.4 Å². The minimum Gasteiger partial charge on any atom is -0.332 e. The maximum atomic E-state index is 12.0. The van der Waals surface area contributed by atoms with Crippen LogP contribution in [0.4, 0.5) is 5.82 Å². The van der Waals surface area contributed by atoms with Gasteiger partial charge in [0.05, 0.1) is 6.20 Å². The predicted octanol–water partition coefficient (Wildman–Crippen LogP) is 1.82. The van der Waals surface area contributed by atoms with Gasteiger partial charge in [-0.2, -0.15) is 8.42 Å². The third kappa shape index (κ3) is 2.80. The molecular formula is C10H11ClN4O2S. The Morgan fingerprint density at radius 2 is 2.22 bits per heavy atom. The number of aromatic nitrogens is 3. The van der Waals surface area contributed by atoms with Crippen LogP contribution in [-0.2, 0) is 16.4 Å². The number of aromatic amines is 1. The number of imidazole rings is 1. The number of hydrogen-bond donors (Lipinski definition) is 2. The van der Waals surface area contributed by atoms with Crippen molar-refractivity contribution in [1.29, 1.82) is 0 Å². The van der Waals surface area contributed by atoms with Crippen LogP contribution in [0.1, 0.15) is 12.7 Å². The smallest absolute Gasteiger partial charge is 0.280 e. The van der Waals surface area contributed by atoms with Crippen molar-refractivity contribution in [1.82, 2.24) is 15.0 Å². The van der Waals surface area contributed by atoms with Crippen molar-refractivity contribution in [3.05, 3.63) is 35.4 Å². The topological polar surface area (TPSA) is 87.7 Å². The van der Waals surface area contributed by atoms with Gasteiger partial charge >= 0.3 is 0 Å². The lowest BCUT2D eigenvalue weighted by Gasteiger charge is -2.04. The summed E-state index contributed by atoms with van der Waals surface area (Å²) < 4.78 is 26.3. The number of sulfonamides is 1. The highest BCUT2D eigenvalue weighted by Crippen LogP contribution is 2.16. The van der Waals surface area contributed by atoms with Crippen molar-refractivity contribution in [2.45, 2.75) is 18.4 Å². The van der Waals surface area contributed by atoms with Crippen LogP contribution in [0.15, 0.2) is 29.6 Å². The molecule has 0 saturated heterocycles. The van der Waals surface area contributed by atoms with Gasteiger partial charge < -0.3 is 4.98 Å². The first kappa shape index (κ1) is 12.8. The highest BCUT2D eigenvalue weighted by molar-refractivity contribution is 7.92. The van der Waals surface area contributed by atoms with Gasteiger partial charge in [0.1, 0.15) is 11.6 Å². The zero-order valence-corrected chi connectivity index (χ0v) is 11.1. The molecule has 0 unspecified atom stereocenters. The largest absolute Gasteiger partial charge is 0.332 e. The summed E-state index contributed by atoms with van der Waals surface area (Å²) in [5.74, 6) is 0.768. The monoisotopic (exact) mass is 286 g/mol. The Bertz CT molecular complexity index is 653. The second-order valence-corrected chi connectivity index (χ2v) is 5.60. The second kappa shape index (κ2) is 4.95. The first-order valence-corrected chi connectivity index (χ1v) is 7.05. The van der Waals surface area contributed by atoms with E-state index < -0.39 is 10.0 Å². The Morgan fingerprint density at radius 1 is 1.44 bits per heavy atom. The Balaban J connectivity index is 2.27. The Morgan fingerprint density at radius 3 is 2.83 bits per heavy atom. The van der Waals surface area contributed by atoms with Crippen LogP contribution < -0.4 is 4.72 Å². The van der Waals surface area contributed by atoms with Gasteiger partial charge in [0, 0.05) is 23.7 Å². The van der Waals surface area contributed by atoms with E-state index in [4.69, 9.17) is 11.6 Å². The van der Waals surface area contributed by atoms with E-state index in [0.29, 0.717) is 17.3 Å². The molecular weight excluding hydrogens is 276 g/mol. The van der Waals surface area contributed by atoms with E-state index in [2.05, 4.69) is 19.7 Å². The van der Waals surface area contributed by atoms with Gasteiger partial charge in [-0.15, -0.1) is 0 Å². The molecule has 6 nitrogen and oxygen atoms in total. The molecule has 8 heteroatoms. The van der Waals surface area contributed by atoms with Crippen molar-refractivity contribution < 1.29 is 8.42 Å². The maximum Gasteiger partial charge on any atom is 0.280 e. The molecule has 18 heavy (non-hydrogen) atoms. The molecule has 0 aliphatic rings. The molecule has 0 saturated carbocycles. The molecule has 2 rings (SSSR count). The average Bonchev–Trinajstić information content (AvgIpc) is 2.77. The normalized spacial score (nSPS) is 11.4. The number of hydrogen-bond acceptors (Lipinski definition) is 4. The molecule has 2 aromatic heterocycles. The van der Waals surface area contributed by atoms with E-state index in [-0.39, 0.29) is 10.8 Å². The quantitative estimate of drug-likeness (QED) is 0.897. The van der Waals surface area contributed by atoms with Crippen LogP contribution in [0, 0.1) is 0 Å². The van der Waals surface area contributed by atoms with Gasteiger partial charge in [0.15, 0.2) is 5.03 Å². The van der Waals surface area contributed by atoms with Gasteiger partial charge in [-0.05, 0) is 6.07 Å². The highest BCUT2D eigenvalue weighted by Gasteiger charge is 2.17. The van der Waals surface area contributed by atoms with E-state index >= 15 is 0 Å². The third-order valence-electron chi connectivity index (χ3n) is 2.19. The van der Waals surface area contributed by atoms with Gasteiger partial charge in [0.25, 0.3) is 10.0 Å². The predicted molar refractivity (Wildman–Crippen MR) is 68.0 cm³/mol. The summed E-state index contributed by atoms with van der Waals surface area (Å²) >= 11 is 5.75. The summed E-state index contributed by atoms with van der Waals surface area (Å²) in [7, 11) is -3.71. The zero-order valence-electron chi connectivity index (χ0n) is 9.51. The molecule has 0 aromatic carbocycles. The molecule has 0 bridgehead atoms. The molecule has 0 radical (unpaired) electrons. The number of rotatable bonds is 4. The van der Waals surface area contributed by atoms with E-state index in [1.54, 1.807) is 6.07 Å². The standard InChI is InChI=1S/C10H11ClN4O2S/c1-2-8-13-6-10(14-8)18(16,17)15-9-5-7(11)3-4-12-9/h3-6H,2H2,1H3,(H,12,15)(H,13,14). The third-order valence-corrected chi connectivity index (χ3v) is 3.69. The molecule has 0 spiro atoms. The minimum atomic E-state index is -3.71. The van der Waals surface area contributed by atoms with Gasteiger partial charge in [-0.25, -0.2) is 9.97 Å². The summed E-state index contributed by atoms with van der Waals surface area (Å²) in [6.07, 6.45) is 3.32. The van der Waals surface area contributed by atoms with Crippen LogP contribution in [-0.4, -0.2) is 23.4 Å². The van der Waals surface area contributed by atoms with Crippen LogP contribution in [0.5, 0.6) is 0 Å². The fourth-order valence-corrected chi connectivity index (χ4v) is 2.41. The Hall–Kier alpha value is -1.60. The van der Waals surface area contributed by atoms with Gasteiger partial charge in [0.2, 0.25) is 0 Å². The van der Waals surface area contributed by atoms with Crippen LogP contribution >= 0.6 is 11.6 Å². The summed E-state index contributed by atoms with van der Waals surface area (Å²) in [5.41, 5.74) is 0. The summed E-state index contributed by atoms with van der Waals surface area (Å²) in [5, 5.41) is 0.405. The molecule has 96 valence electrons. The molecule has 0 amide bonds. The number of aryl methyl sites for hydroxylation is 1. The SMILES string of the molecule is CCc1ncc(S(=O)(=O)Nc2cc(Cl)ccn2)[nH]1. The molecule has 2 heterocycles. The molecule has 0 atom stereocenters. The molecule has 2 aromatic rings. The number of nitrogens with zero attached hydrogens (tertiary/aromatic N) is 2. The Labute approximate surface area is 109 Å². The van der Waals surface area contributed by atoms with Gasteiger partial charge in [-0.3, -0.25) is 4.72 Å². The van der Waals surface area contributed by atoms with Crippen LogP contribution in [0.2, 0.25) is 5.02 Å². The molecule has 0 aliphatic carbocycles. The maximum absolute atomic E-state index is 12.0. The van der Waals surface area contributed by atoms with Gasteiger partial charge in [-0.1, -0.05) is 18.5 Å². The summed E-state index contributed by atoms with van der Waals surface area (Å²) in [6, 6.07) is 2.99. The Kier molecular flexibility index (Phi) is 3.53. The molecule has 2 N–H and O–H groups in total. The van der Waals surface area contributed by atoms with E-state index in [9.17, 15) is 8.42 Å². The van der Waals surface area contributed by atoms with Crippen molar-refractivity contribution in [2.24, 2.45) is 0 Å². The summed E-state index contributed by atoms with van der Waals surface area (Å²) in [4.78, 5) is 10.5. The second-order valence-electron chi connectivity index (χ2n) is 3.51. The van der Waals surface area contributed by atoms with E-state index in [0.717, 1.165) is 0 Å². The molecule has 0 fully saturated rings. The lowest BCUT2D eigenvalue weighted by atomic mass is 10.5. The fourth-order valence-electron chi connectivity index (χ4n) is 1.31. The fraction of sp³-hybridized carbons (Fsp3) is 0.200. The lowest BCUT2D eigenvalue weighted by molar-refractivity contribution is 0.597. The van der Waals surface area contributed by atoms with Crippen molar-refractivity contribution in [3.8, 4) is 0 Å². The zero-order chi connectivity index (χ0) is 13.2. The number of pyridine rings is 1. The average molecular weight is 287 g/mol. The van der Waals surface area contributed by atoms with Crippen LogP contribution in [0.25, 0.3) is 0 Å². The first-order chi connectivity index (χ1) is 8.51. The van der Waals surface area contributed by atoms with Crippen LogP contribution in [0.3, 0.4) is 0 Å². The lowest BCUT2D eigenvalue weighted by Crippen LogP contribution is -2.14.